The van der Waals surface area contributed by atoms with Gasteiger partial charge in [-0.2, -0.15) is 10.1 Å². The number of hydrogen-bond acceptors (Lipinski definition) is 5. The second kappa shape index (κ2) is 3.08. The molecule has 2 aromatic heterocycles. The molecule has 2 heterocycles. The fraction of sp³-hybridized carbons (Fsp3) is 0.444. The first-order valence-corrected chi connectivity index (χ1v) is 4.62. The second-order valence-electron chi connectivity index (χ2n) is 4.38. The van der Waals surface area contributed by atoms with Crippen LogP contribution in [0.1, 0.15) is 26.6 Å². The van der Waals surface area contributed by atoms with Crippen molar-refractivity contribution in [1.29, 1.82) is 0 Å². The third-order valence-corrected chi connectivity index (χ3v) is 1.92. The maximum Gasteiger partial charge on any atom is 0.276 e. The molecule has 0 fully saturated rings. The van der Waals surface area contributed by atoms with E-state index in [2.05, 4.69) is 20.3 Å². The topological polar surface area (TPSA) is 93.6 Å². The Bertz CT molecular complexity index is 465. The van der Waals surface area contributed by atoms with Crippen LogP contribution in [0.3, 0.4) is 0 Å². The predicted octanol–water partition coefficient (Wildman–Crippen LogP) is 1.34. The van der Waals surface area contributed by atoms with Crippen LogP contribution in [0.25, 0.3) is 11.6 Å². The van der Waals surface area contributed by atoms with E-state index in [9.17, 15) is 0 Å². The quantitative estimate of drug-likeness (QED) is 0.735. The fourth-order valence-electron chi connectivity index (χ4n) is 1.08. The first-order chi connectivity index (χ1) is 6.97. The Kier molecular flexibility index (Phi) is 1.99. The Morgan fingerprint density at radius 1 is 1.40 bits per heavy atom. The van der Waals surface area contributed by atoms with Gasteiger partial charge in [-0.3, -0.25) is 5.10 Å². The molecule has 6 nitrogen and oxygen atoms in total. The molecule has 6 heteroatoms. The van der Waals surface area contributed by atoms with E-state index in [0.717, 1.165) is 0 Å². The Morgan fingerprint density at radius 3 is 2.60 bits per heavy atom. The molecule has 3 N–H and O–H groups in total. The first-order valence-electron chi connectivity index (χ1n) is 4.62. The average molecular weight is 207 g/mol. The molecule has 0 atom stereocenters. The second-order valence-corrected chi connectivity index (χ2v) is 4.38. The number of nitrogen functional groups attached to an aromatic ring is 1. The van der Waals surface area contributed by atoms with Crippen LogP contribution >= 0.6 is 0 Å². The Hall–Kier alpha value is -1.85. The van der Waals surface area contributed by atoms with E-state index >= 15 is 0 Å². The highest BCUT2D eigenvalue weighted by molar-refractivity contribution is 5.51. The van der Waals surface area contributed by atoms with Crippen molar-refractivity contribution in [3.8, 4) is 11.6 Å². The van der Waals surface area contributed by atoms with Gasteiger partial charge in [0.05, 0.1) is 0 Å². The van der Waals surface area contributed by atoms with Crippen LogP contribution in [0.4, 0.5) is 5.82 Å². The molecular formula is C9H13N5O. The van der Waals surface area contributed by atoms with Crippen molar-refractivity contribution in [1.82, 2.24) is 20.3 Å². The summed E-state index contributed by atoms with van der Waals surface area (Å²) in [6.07, 6.45) is 0. The lowest BCUT2D eigenvalue weighted by atomic mass is 9.96. The van der Waals surface area contributed by atoms with Crippen LogP contribution in [0, 0.1) is 0 Å². The van der Waals surface area contributed by atoms with Gasteiger partial charge in [-0.1, -0.05) is 25.9 Å². The van der Waals surface area contributed by atoms with Crippen molar-refractivity contribution in [2.24, 2.45) is 0 Å². The minimum absolute atomic E-state index is 0.132. The molecule has 0 unspecified atom stereocenters. The molecular weight excluding hydrogens is 194 g/mol. The largest absolute Gasteiger partial charge is 0.382 e. The smallest absolute Gasteiger partial charge is 0.276 e. The maximum atomic E-state index is 5.48. The first kappa shape index (κ1) is 9.70. The van der Waals surface area contributed by atoms with Gasteiger partial charge < -0.3 is 10.3 Å². The van der Waals surface area contributed by atoms with E-state index in [4.69, 9.17) is 10.3 Å². The fourth-order valence-corrected chi connectivity index (χ4v) is 1.08. The van der Waals surface area contributed by atoms with E-state index in [-0.39, 0.29) is 5.41 Å². The van der Waals surface area contributed by atoms with Crippen molar-refractivity contribution in [3.63, 3.8) is 0 Å². The zero-order valence-corrected chi connectivity index (χ0v) is 8.90. The highest BCUT2D eigenvalue weighted by atomic mass is 16.5. The highest BCUT2D eigenvalue weighted by Crippen LogP contribution is 2.22. The number of nitrogens with two attached hydrogens (primary N) is 1. The summed E-state index contributed by atoms with van der Waals surface area (Å²) in [7, 11) is 0. The lowest BCUT2D eigenvalue weighted by Crippen LogP contribution is -2.13. The van der Waals surface area contributed by atoms with Crippen molar-refractivity contribution in [2.75, 3.05) is 5.73 Å². The van der Waals surface area contributed by atoms with Crippen LogP contribution in [0.5, 0.6) is 0 Å². The third-order valence-electron chi connectivity index (χ3n) is 1.92. The molecule has 0 aliphatic heterocycles. The van der Waals surface area contributed by atoms with E-state index < -0.39 is 0 Å². The molecule has 0 spiro atoms. The normalized spacial score (nSPS) is 11.9. The monoisotopic (exact) mass is 207 g/mol. The predicted molar refractivity (Wildman–Crippen MR) is 55.0 cm³/mol. The average Bonchev–Trinajstić information content (AvgIpc) is 2.69. The minimum atomic E-state index is -0.132. The van der Waals surface area contributed by atoms with Gasteiger partial charge in [0.15, 0.2) is 5.82 Å². The van der Waals surface area contributed by atoms with Crippen molar-refractivity contribution in [3.05, 3.63) is 11.9 Å². The van der Waals surface area contributed by atoms with Gasteiger partial charge in [0.1, 0.15) is 11.5 Å². The summed E-state index contributed by atoms with van der Waals surface area (Å²) in [5.74, 6) is 1.47. The van der Waals surface area contributed by atoms with E-state index in [1.165, 1.54) is 0 Å². The Morgan fingerprint density at radius 2 is 2.13 bits per heavy atom. The number of rotatable bonds is 1. The lowest BCUT2D eigenvalue weighted by Gasteiger charge is -2.10. The molecule has 0 aromatic carbocycles. The van der Waals surface area contributed by atoms with Gasteiger partial charge >= 0.3 is 0 Å². The van der Waals surface area contributed by atoms with Crippen LogP contribution < -0.4 is 5.73 Å². The number of nitrogens with one attached hydrogen (secondary N) is 1. The molecule has 0 amide bonds. The molecule has 0 bridgehead atoms. The van der Waals surface area contributed by atoms with E-state index in [0.29, 0.717) is 23.2 Å². The standard InChI is InChI=1S/C9H13N5O/c1-9(2,3)8-11-7(15-14-8)5-4-6(10)13-12-5/h4H,1-3H3,(H3,10,12,13). The summed E-state index contributed by atoms with van der Waals surface area (Å²) in [5.41, 5.74) is 5.98. The van der Waals surface area contributed by atoms with Crippen LogP contribution in [0.15, 0.2) is 10.6 Å². The number of aromatic nitrogens is 4. The summed E-state index contributed by atoms with van der Waals surface area (Å²) < 4.78 is 5.10. The van der Waals surface area contributed by atoms with Gasteiger partial charge in [-0.15, -0.1) is 0 Å². The third kappa shape index (κ3) is 1.83. The number of anilines is 1. The highest BCUT2D eigenvalue weighted by Gasteiger charge is 2.21. The summed E-state index contributed by atoms with van der Waals surface area (Å²) in [4.78, 5) is 4.26. The molecule has 0 saturated heterocycles. The number of H-pyrrole nitrogens is 1. The molecule has 2 rings (SSSR count). The molecule has 0 radical (unpaired) electrons. The summed E-state index contributed by atoms with van der Waals surface area (Å²) in [5, 5.41) is 10.4. The van der Waals surface area contributed by atoms with E-state index in [1.54, 1.807) is 6.07 Å². The molecule has 2 aromatic rings. The van der Waals surface area contributed by atoms with Crippen LogP contribution in [0.2, 0.25) is 0 Å². The Balaban J connectivity index is 2.36. The molecule has 0 saturated carbocycles. The zero-order valence-electron chi connectivity index (χ0n) is 8.90. The zero-order chi connectivity index (χ0) is 11.1. The van der Waals surface area contributed by atoms with Gasteiger partial charge in [-0.25, -0.2) is 0 Å². The molecule has 0 aliphatic carbocycles. The molecule has 80 valence electrons. The molecule has 0 aliphatic rings. The summed E-state index contributed by atoms with van der Waals surface area (Å²) >= 11 is 0. The van der Waals surface area contributed by atoms with E-state index in [1.807, 2.05) is 20.8 Å². The van der Waals surface area contributed by atoms with Crippen molar-refractivity contribution in [2.45, 2.75) is 26.2 Å². The summed E-state index contributed by atoms with van der Waals surface area (Å²) in [6, 6.07) is 1.65. The minimum Gasteiger partial charge on any atom is -0.382 e. The van der Waals surface area contributed by atoms with Gasteiger partial charge in [0, 0.05) is 11.5 Å². The Labute approximate surface area is 86.9 Å². The van der Waals surface area contributed by atoms with Crippen molar-refractivity contribution < 1.29 is 4.52 Å². The van der Waals surface area contributed by atoms with Gasteiger partial charge in [-0.05, 0) is 0 Å². The number of aromatic amines is 1. The summed E-state index contributed by atoms with van der Waals surface area (Å²) in [6.45, 7) is 6.05. The maximum absolute atomic E-state index is 5.48. The molecule has 15 heavy (non-hydrogen) atoms. The van der Waals surface area contributed by atoms with Crippen LogP contribution in [-0.4, -0.2) is 20.3 Å². The number of nitrogens with zero attached hydrogens (tertiary/aromatic N) is 3. The van der Waals surface area contributed by atoms with Gasteiger partial charge in [0.25, 0.3) is 5.89 Å². The van der Waals surface area contributed by atoms with Gasteiger partial charge in [0.2, 0.25) is 0 Å². The SMILES string of the molecule is CC(C)(C)c1noc(-c2cc(N)n[nH]2)n1. The van der Waals surface area contributed by atoms with Crippen molar-refractivity contribution >= 4 is 5.82 Å². The van der Waals surface area contributed by atoms with Crippen LogP contribution in [-0.2, 0) is 5.41 Å². The lowest BCUT2D eigenvalue weighted by molar-refractivity contribution is 0.401. The number of hydrogen-bond donors (Lipinski definition) is 2.